The summed E-state index contributed by atoms with van der Waals surface area (Å²) in [6.07, 6.45) is 4.22. The highest BCUT2D eigenvalue weighted by Gasteiger charge is 2.13. The van der Waals surface area contributed by atoms with Crippen LogP contribution in [0.2, 0.25) is 0 Å². The second kappa shape index (κ2) is 6.43. The van der Waals surface area contributed by atoms with Gasteiger partial charge in [-0.25, -0.2) is 4.99 Å². The maximum atomic E-state index is 6.23. The number of anilines is 1. The lowest BCUT2D eigenvalue weighted by Crippen LogP contribution is -2.22. The topological polar surface area (TPSA) is 59.6 Å². The van der Waals surface area contributed by atoms with Crippen LogP contribution in [0.1, 0.15) is 11.1 Å². The molecule has 0 saturated carbocycles. The summed E-state index contributed by atoms with van der Waals surface area (Å²) < 4.78 is 5.53. The number of ether oxygens (including phenoxy) is 1. The number of rotatable bonds is 3. The summed E-state index contributed by atoms with van der Waals surface area (Å²) in [6, 6.07) is 22.5. The molecule has 0 bridgehead atoms. The van der Waals surface area contributed by atoms with Crippen LogP contribution >= 0.6 is 0 Å². The first kappa shape index (κ1) is 16.4. The zero-order valence-corrected chi connectivity index (χ0v) is 15.4. The van der Waals surface area contributed by atoms with Crippen molar-refractivity contribution in [2.24, 2.45) is 10.7 Å². The van der Waals surface area contributed by atoms with Crippen molar-refractivity contribution in [2.75, 3.05) is 12.4 Å². The highest BCUT2D eigenvalue weighted by Crippen LogP contribution is 2.37. The first-order valence-electron chi connectivity index (χ1n) is 9.15. The van der Waals surface area contributed by atoms with E-state index in [1.807, 2.05) is 42.5 Å². The van der Waals surface area contributed by atoms with E-state index in [1.165, 1.54) is 16.3 Å². The van der Waals surface area contributed by atoms with E-state index in [2.05, 4.69) is 46.7 Å². The van der Waals surface area contributed by atoms with Crippen molar-refractivity contribution in [3.05, 3.63) is 77.9 Å². The van der Waals surface area contributed by atoms with Crippen LogP contribution in [-0.2, 0) is 0 Å². The third kappa shape index (κ3) is 2.67. The largest absolute Gasteiger partial charge is 0.496 e. The summed E-state index contributed by atoms with van der Waals surface area (Å²) in [5.74, 6) is 1.14. The van der Waals surface area contributed by atoms with Gasteiger partial charge in [0.2, 0.25) is 0 Å². The molecule has 1 aliphatic carbocycles. The number of guanidine groups is 1. The van der Waals surface area contributed by atoms with Gasteiger partial charge in [-0.3, -0.25) is 0 Å². The minimum Gasteiger partial charge on any atom is -0.496 e. The van der Waals surface area contributed by atoms with Crippen LogP contribution < -0.4 is 15.8 Å². The SMILES string of the molecule is COc1cc(NC(N)=Nc2ccc3cccc4c3c2C=C4)cc2ccccc12. The molecule has 4 aromatic rings. The molecule has 136 valence electrons. The normalized spacial score (nSPS) is 12.7. The molecule has 0 fully saturated rings. The van der Waals surface area contributed by atoms with E-state index in [0.717, 1.165) is 33.5 Å². The molecular formula is C24H19N3O. The standard InChI is InChI=1S/C24H19N3O/c1-28-22-14-18(13-17-5-2-3-8-19(17)22)26-24(25)27-21-12-10-16-7-4-6-15-9-11-20(21)23(15)16/h2-14H,1H3,(H3,25,26,27). The number of aliphatic imine (C=N–C) groups is 1. The maximum absolute atomic E-state index is 6.23. The van der Waals surface area contributed by atoms with Crippen LogP contribution in [0.4, 0.5) is 11.4 Å². The lowest BCUT2D eigenvalue weighted by atomic mass is 10.0. The molecule has 0 radical (unpaired) electrons. The van der Waals surface area contributed by atoms with Crippen molar-refractivity contribution >= 4 is 51.0 Å². The predicted molar refractivity (Wildman–Crippen MR) is 118 cm³/mol. The van der Waals surface area contributed by atoms with Gasteiger partial charge in [0.25, 0.3) is 0 Å². The molecule has 28 heavy (non-hydrogen) atoms. The molecule has 0 spiro atoms. The smallest absolute Gasteiger partial charge is 0.198 e. The zero-order valence-electron chi connectivity index (χ0n) is 15.4. The average Bonchev–Trinajstić information content (AvgIpc) is 3.15. The predicted octanol–water partition coefficient (Wildman–Crippen LogP) is 5.54. The Bertz CT molecular complexity index is 1290. The van der Waals surface area contributed by atoms with E-state index in [4.69, 9.17) is 10.5 Å². The number of methoxy groups -OCH3 is 1. The van der Waals surface area contributed by atoms with Crippen LogP contribution in [0, 0.1) is 0 Å². The van der Waals surface area contributed by atoms with Crippen LogP contribution in [-0.4, -0.2) is 13.1 Å². The van der Waals surface area contributed by atoms with E-state index < -0.39 is 0 Å². The van der Waals surface area contributed by atoms with Gasteiger partial charge in [0.15, 0.2) is 5.96 Å². The highest BCUT2D eigenvalue weighted by atomic mass is 16.5. The molecule has 1 aliphatic rings. The molecule has 0 amide bonds. The van der Waals surface area contributed by atoms with Gasteiger partial charge in [-0.1, -0.05) is 60.7 Å². The highest BCUT2D eigenvalue weighted by molar-refractivity contribution is 6.09. The lowest BCUT2D eigenvalue weighted by Gasteiger charge is -2.11. The monoisotopic (exact) mass is 365 g/mol. The second-order valence-electron chi connectivity index (χ2n) is 6.80. The van der Waals surface area contributed by atoms with E-state index in [0.29, 0.717) is 5.96 Å². The van der Waals surface area contributed by atoms with Crippen molar-refractivity contribution in [3.63, 3.8) is 0 Å². The Labute approximate surface area is 163 Å². The average molecular weight is 365 g/mol. The molecular weight excluding hydrogens is 346 g/mol. The van der Waals surface area contributed by atoms with Crippen LogP contribution in [0.15, 0.2) is 71.7 Å². The molecule has 5 rings (SSSR count). The van der Waals surface area contributed by atoms with Gasteiger partial charge in [-0.05, 0) is 33.9 Å². The Morgan fingerprint density at radius 3 is 2.68 bits per heavy atom. The summed E-state index contributed by atoms with van der Waals surface area (Å²) in [4.78, 5) is 4.64. The van der Waals surface area contributed by atoms with Gasteiger partial charge < -0.3 is 15.8 Å². The van der Waals surface area contributed by atoms with Crippen LogP contribution in [0.5, 0.6) is 5.75 Å². The number of nitrogens with two attached hydrogens (primary N) is 1. The molecule has 4 aromatic carbocycles. The van der Waals surface area contributed by atoms with E-state index in [9.17, 15) is 0 Å². The summed E-state index contributed by atoms with van der Waals surface area (Å²) in [5.41, 5.74) is 10.2. The van der Waals surface area contributed by atoms with E-state index >= 15 is 0 Å². The van der Waals surface area contributed by atoms with Gasteiger partial charge in [0, 0.05) is 22.7 Å². The van der Waals surface area contributed by atoms with Gasteiger partial charge >= 0.3 is 0 Å². The molecule has 0 atom stereocenters. The van der Waals surface area contributed by atoms with E-state index in [-0.39, 0.29) is 0 Å². The van der Waals surface area contributed by atoms with Gasteiger partial charge in [-0.15, -0.1) is 0 Å². The second-order valence-corrected chi connectivity index (χ2v) is 6.80. The molecule has 4 heteroatoms. The molecule has 0 aliphatic heterocycles. The maximum Gasteiger partial charge on any atom is 0.198 e. The van der Waals surface area contributed by atoms with Crippen LogP contribution in [0.3, 0.4) is 0 Å². The minimum atomic E-state index is 0.339. The number of hydrogen-bond donors (Lipinski definition) is 2. The van der Waals surface area contributed by atoms with Gasteiger partial charge in [0.1, 0.15) is 5.75 Å². The Hall–Kier alpha value is -3.79. The number of benzene rings is 4. The third-order valence-corrected chi connectivity index (χ3v) is 5.08. The van der Waals surface area contributed by atoms with Crippen molar-refractivity contribution in [1.29, 1.82) is 0 Å². The third-order valence-electron chi connectivity index (χ3n) is 5.08. The van der Waals surface area contributed by atoms with Crippen molar-refractivity contribution < 1.29 is 4.74 Å². The van der Waals surface area contributed by atoms with Gasteiger partial charge in [0.05, 0.1) is 12.8 Å². The Morgan fingerprint density at radius 2 is 1.79 bits per heavy atom. The molecule has 0 unspecified atom stereocenters. The first-order chi connectivity index (χ1) is 13.7. The van der Waals surface area contributed by atoms with Crippen LogP contribution in [0.25, 0.3) is 33.7 Å². The Morgan fingerprint density at radius 1 is 0.929 bits per heavy atom. The molecule has 0 saturated heterocycles. The molecule has 0 aromatic heterocycles. The van der Waals surface area contributed by atoms with E-state index in [1.54, 1.807) is 7.11 Å². The van der Waals surface area contributed by atoms with Gasteiger partial charge in [-0.2, -0.15) is 0 Å². The summed E-state index contributed by atoms with van der Waals surface area (Å²) >= 11 is 0. The molecule has 0 heterocycles. The zero-order chi connectivity index (χ0) is 19.1. The Kier molecular flexibility index (Phi) is 3.76. The summed E-state index contributed by atoms with van der Waals surface area (Å²) in [5, 5.41) is 7.77. The van der Waals surface area contributed by atoms with Crippen molar-refractivity contribution in [1.82, 2.24) is 0 Å². The molecule has 3 N–H and O–H groups in total. The van der Waals surface area contributed by atoms with Crippen molar-refractivity contribution in [3.8, 4) is 5.75 Å². The fraction of sp³-hybridized carbons (Fsp3) is 0.0417. The number of fused-ring (bicyclic) bond motifs is 1. The Balaban J connectivity index is 1.52. The number of hydrogen-bond acceptors (Lipinski definition) is 2. The van der Waals surface area contributed by atoms with Crippen molar-refractivity contribution in [2.45, 2.75) is 0 Å². The number of nitrogens with one attached hydrogen (secondary N) is 1. The summed E-state index contributed by atoms with van der Waals surface area (Å²) in [7, 11) is 1.67. The number of nitrogens with zero attached hydrogens (tertiary/aromatic N) is 1. The quantitative estimate of drug-likeness (QED) is 0.326. The minimum absolute atomic E-state index is 0.339. The fourth-order valence-corrected chi connectivity index (χ4v) is 3.83. The first-order valence-corrected chi connectivity index (χ1v) is 9.15. The summed E-state index contributed by atoms with van der Waals surface area (Å²) in [6.45, 7) is 0. The lowest BCUT2D eigenvalue weighted by molar-refractivity contribution is 0.420. The molecule has 4 nitrogen and oxygen atoms in total. The fourth-order valence-electron chi connectivity index (χ4n) is 3.83.